The van der Waals surface area contributed by atoms with E-state index >= 15 is 0 Å². The molecule has 0 aliphatic carbocycles. The maximum absolute atomic E-state index is 12.2. The summed E-state index contributed by atoms with van der Waals surface area (Å²) in [6.45, 7) is 4.36. The Kier molecular flexibility index (Phi) is 5.07. The summed E-state index contributed by atoms with van der Waals surface area (Å²) in [5.41, 5.74) is 0. The van der Waals surface area contributed by atoms with Crippen LogP contribution in [0.4, 0.5) is 4.39 Å². The lowest BCUT2D eigenvalue weighted by atomic mass is 10.5. The highest BCUT2D eigenvalue weighted by atomic mass is 19.1. The average molecular weight is 129 g/mol. The van der Waals surface area contributed by atoms with E-state index in [0.717, 1.165) is 6.42 Å². The van der Waals surface area contributed by atoms with E-state index < -0.39 is 0 Å². The van der Waals surface area contributed by atoms with Crippen molar-refractivity contribution in [3.8, 4) is 0 Å². The Labute approximate surface area is 55.3 Å². The van der Waals surface area contributed by atoms with Gasteiger partial charge in [-0.25, -0.2) is 4.39 Å². The maximum atomic E-state index is 12.2. The predicted molar refractivity (Wildman–Crippen MR) is 38.5 cm³/mol. The molecule has 0 aromatic carbocycles. The summed E-state index contributed by atoms with van der Waals surface area (Å²) in [7, 11) is 0. The summed E-state index contributed by atoms with van der Waals surface area (Å²) in [4.78, 5) is 3.79. The highest BCUT2D eigenvalue weighted by molar-refractivity contribution is 5.75. The molecule has 9 heavy (non-hydrogen) atoms. The fourth-order valence-electron chi connectivity index (χ4n) is 0.355. The standard InChI is InChI=1S/C7H12FN/c1-3-5-9-6-7(8)4-2/h4,6H,3,5H2,1-2H3/b7-4+,9-6?. The average Bonchev–Trinajstić information content (AvgIpc) is 1.89. The van der Waals surface area contributed by atoms with E-state index in [0.29, 0.717) is 6.54 Å². The summed E-state index contributed by atoms with van der Waals surface area (Å²) in [5.74, 6) is -0.261. The Balaban J connectivity index is 3.45. The van der Waals surface area contributed by atoms with E-state index in [4.69, 9.17) is 0 Å². The zero-order chi connectivity index (χ0) is 7.11. The monoisotopic (exact) mass is 129 g/mol. The zero-order valence-corrected chi connectivity index (χ0v) is 5.89. The van der Waals surface area contributed by atoms with Gasteiger partial charge in [-0.15, -0.1) is 0 Å². The molecule has 0 unspecified atom stereocenters. The number of aliphatic imine (C=N–C) groups is 1. The first-order chi connectivity index (χ1) is 4.31. The van der Waals surface area contributed by atoms with Gasteiger partial charge in [-0.1, -0.05) is 13.0 Å². The third-order valence-corrected chi connectivity index (χ3v) is 0.843. The molecule has 0 N–H and O–H groups in total. The van der Waals surface area contributed by atoms with Crippen LogP contribution < -0.4 is 0 Å². The van der Waals surface area contributed by atoms with Gasteiger partial charge in [0.25, 0.3) is 0 Å². The predicted octanol–water partition coefficient (Wildman–Crippen LogP) is 2.34. The van der Waals surface area contributed by atoms with Gasteiger partial charge >= 0.3 is 0 Å². The quantitative estimate of drug-likeness (QED) is 0.518. The lowest BCUT2D eigenvalue weighted by Gasteiger charge is -1.83. The van der Waals surface area contributed by atoms with Crippen molar-refractivity contribution in [2.75, 3.05) is 6.54 Å². The molecule has 0 bridgehead atoms. The molecule has 0 aromatic rings. The Morgan fingerprint density at radius 2 is 2.33 bits per heavy atom. The molecule has 0 heterocycles. The van der Waals surface area contributed by atoms with Gasteiger partial charge < -0.3 is 0 Å². The molecular weight excluding hydrogens is 117 g/mol. The van der Waals surface area contributed by atoms with Crippen molar-refractivity contribution in [2.45, 2.75) is 20.3 Å². The molecule has 0 saturated heterocycles. The Morgan fingerprint density at radius 1 is 1.67 bits per heavy atom. The molecule has 1 nitrogen and oxygen atoms in total. The van der Waals surface area contributed by atoms with Gasteiger partial charge in [0.05, 0.1) is 6.21 Å². The van der Waals surface area contributed by atoms with Crippen molar-refractivity contribution in [1.29, 1.82) is 0 Å². The molecule has 0 atom stereocenters. The zero-order valence-electron chi connectivity index (χ0n) is 5.89. The maximum Gasteiger partial charge on any atom is 0.136 e. The SMILES string of the molecule is C/C=C(/F)C=NCCC. The van der Waals surface area contributed by atoms with Crippen LogP contribution in [-0.2, 0) is 0 Å². The fourth-order valence-corrected chi connectivity index (χ4v) is 0.355. The molecule has 0 rings (SSSR count). The van der Waals surface area contributed by atoms with Gasteiger partial charge in [0.1, 0.15) is 5.83 Å². The van der Waals surface area contributed by atoms with E-state index in [9.17, 15) is 4.39 Å². The number of hydrogen-bond acceptors (Lipinski definition) is 1. The first-order valence-corrected chi connectivity index (χ1v) is 3.13. The minimum atomic E-state index is -0.261. The van der Waals surface area contributed by atoms with Crippen LogP contribution in [0.5, 0.6) is 0 Å². The minimum absolute atomic E-state index is 0.261. The molecule has 0 aliphatic heterocycles. The van der Waals surface area contributed by atoms with Gasteiger partial charge in [-0.05, 0) is 13.3 Å². The second kappa shape index (κ2) is 5.48. The van der Waals surface area contributed by atoms with Crippen LogP contribution >= 0.6 is 0 Å². The van der Waals surface area contributed by atoms with Gasteiger partial charge in [0.15, 0.2) is 0 Å². The Morgan fingerprint density at radius 3 is 2.78 bits per heavy atom. The molecule has 0 fully saturated rings. The van der Waals surface area contributed by atoms with Crippen LogP contribution in [0.3, 0.4) is 0 Å². The molecule has 52 valence electrons. The normalized spacial score (nSPS) is 13.0. The summed E-state index contributed by atoms with van der Waals surface area (Å²) in [6.07, 6.45) is 3.61. The topological polar surface area (TPSA) is 12.4 Å². The number of nitrogens with zero attached hydrogens (tertiary/aromatic N) is 1. The van der Waals surface area contributed by atoms with Gasteiger partial charge in [0, 0.05) is 6.54 Å². The largest absolute Gasteiger partial charge is 0.290 e. The van der Waals surface area contributed by atoms with Crippen molar-refractivity contribution in [3.05, 3.63) is 11.9 Å². The lowest BCUT2D eigenvalue weighted by Crippen LogP contribution is -1.78. The molecular formula is C7H12FN. The van der Waals surface area contributed by atoms with Crippen molar-refractivity contribution in [2.24, 2.45) is 4.99 Å². The minimum Gasteiger partial charge on any atom is -0.290 e. The van der Waals surface area contributed by atoms with E-state index in [1.807, 2.05) is 6.92 Å². The third-order valence-electron chi connectivity index (χ3n) is 0.843. The van der Waals surface area contributed by atoms with Crippen molar-refractivity contribution >= 4 is 6.21 Å². The van der Waals surface area contributed by atoms with Crippen LogP contribution in [0.25, 0.3) is 0 Å². The van der Waals surface area contributed by atoms with Gasteiger partial charge in [-0.2, -0.15) is 0 Å². The molecule has 0 amide bonds. The number of allylic oxidation sites excluding steroid dienone is 2. The first kappa shape index (κ1) is 8.34. The van der Waals surface area contributed by atoms with E-state index in [1.165, 1.54) is 12.3 Å². The van der Waals surface area contributed by atoms with E-state index in [2.05, 4.69) is 4.99 Å². The third kappa shape index (κ3) is 5.21. The molecule has 0 aliphatic rings. The summed E-state index contributed by atoms with van der Waals surface area (Å²) >= 11 is 0. The molecule has 0 saturated carbocycles. The lowest BCUT2D eigenvalue weighted by molar-refractivity contribution is 0.683. The summed E-state index contributed by atoms with van der Waals surface area (Å²) in [5, 5.41) is 0. The second-order valence-corrected chi connectivity index (χ2v) is 1.71. The van der Waals surface area contributed by atoms with Crippen LogP contribution in [-0.4, -0.2) is 12.8 Å². The van der Waals surface area contributed by atoms with Crippen LogP contribution in [0.1, 0.15) is 20.3 Å². The molecule has 0 spiro atoms. The fraction of sp³-hybridized carbons (Fsp3) is 0.571. The molecule has 0 radical (unpaired) electrons. The Bertz CT molecular complexity index is 116. The smallest absolute Gasteiger partial charge is 0.136 e. The number of halogens is 1. The molecule has 2 heteroatoms. The van der Waals surface area contributed by atoms with E-state index in [-0.39, 0.29) is 5.83 Å². The van der Waals surface area contributed by atoms with Gasteiger partial charge in [-0.3, -0.25) is 4.99 Å². The van der Waals surface area contributed by atoms with Crippen molar-refractivity contribution in [1.82, 2.24) is 0 Å². The number of rotatable bonds is 3. The first-order valence-electron chi connectivity index (χ1n) is 3.13. The highest BCUT2D eigenvalue weighted by Crippen LogP contribution is 1.89. The highest BCUT2D eigenvalue weighted by Gasteiger charge is 1.80. The second-order valence-electron chi connectivity index (χ2n) is 1.71. The van der Waals surface area contributed by atoms with Crippen LogP contribution in [0.15, 0.2) is 16.9 Å². The Hall–Kier alpha value is -0.660. The molecule has 0 aromatic heterocycles. The van der Waals surface area contributed by atoms with Crippen LogP contribution in [0.2, 0.25) is 0 Å². The van der Waals surface area contributed by atoms with E-state index in [1.54, 1.807) is 6.92 Å². The summed E-state index contributed by atoms with van der Waals surface area (Å²) in [6, 6.07) is 0. The van der Waals surface area contributed by atoms with Crippen molar-refractivity contribution < 1.29 is 4.39 Å². The number of hydrogen-bond donors (Lipinski definition) is 0. The van der Waals surface area contributed by atoms with Crippen molar-refractivity contribution in [3.63, 3.8) is 0 Å². The van der Waals surface area contributed by atoms with Crippen LogP contribution in [0, 0.1) is 0 Å². The summed E-state index contributed by atoms with van der Waals surface area (Å²) < 4.78 is 12.2. The van der Waals surface area contributed by atoms with Gasteiger partial charge in [0.2, 0.25) is 0 Å².